The molecule has 1 saturated heterocycles. The zero-order chi connectivity index (χ0) is 22.4. The third-order valence-electron chi connectivity index (χ3n) is 5.76. The van der Waals surface area contributed by atoms with E-state index in [4.69, 9.17) is 5.11 Å². The zero-order valence-corrected chi connectivity index (χ0v) is 17.5. The summed E-state index contributed by atoms with van der Waals surface area (Å²) in [5.74, 6) is -2.97. The first-order chi connectivity index (χ1) is 14.8. The fraction of sp³-hybridized carbons (Fsp3) is 0.375. The lowest BCUT2D eigenvalue weighted by molar-refractivity contribution is -0.142. The smallest absolute Gasteiger partial charge is 0.317 e. The Kier molecular flexibility index (Phi) is 7.28. The minimum atomic E-state index is -0.911. The van der Waals surface area contributed by atoms with Gasteiger partial charge in [0.2, 0.25) is 0 Å². The Hall–Kier alpha value is -3.35. The lowest BCUT2D eigenvalue weighted by atomic mass is 9.95. The Balaban J connectivity index is 1.68. The summed E-state index contributed by atoms with van der Waals surface area (Å²) < 4.78 is 0. The van der Waals surface area contributed by atoms with Gasteiger partial charge in [0, 0.05) is 19.1 Å². The fourth-order valence-electron chi connectivity index (χ4n) is 3.88. The summed E-state index contributed by atoms with van der Waals surface area (Å²) in [6.45, 7) is 2.18. The number of hydrogen-bond acceptors (Lipinski definition) is 3. The molecule has 1 aliphatic rings. The zero-order valence-electron chi connectivity index (χ0n) is 17.5. The van der Waals surface area contributed by atoms with Gasteiger partial charge in [-0.15, -0.1) is 0 Å². The number of benzene rings is 2. The Morgan fingerprint density at radius 2 is 1.68 bits per heavy atom. The molecule has 2 aromatic rings. The maximum atomic E-state index is 12.7. The fourth-order valence-corrected chi connectivity index (χ4v) is 3.88. The van der Waals surface area contributed by atoms with Crippen molar-refractivity contribution in [2.75, 3.05) is 13.1 Å². The van der Waals surface area contributed by atoms with Crippen LogP contribution in [0.5, 0.6) is 0 Å². The molecule has 3 rings (SSSR count). The molecule has 0 radical (unpaired) electrons. The number of likely N-dealkylation sites (tertiary alicyclic amines) is 1. The van der Waals surface area contributed by atoms with Crippen LogP contribution in [0.2, 0.25) is 0 Å². The number of carbonyl (C=O) groups excluding carboxylic acids is 1. The van der Waals surface area contributed by atoms with Crippen LogP contribution in [0.1, 0.15) is 25.3 Å². The summed E-state index contributed by atoms with van der Waals surface area (Å²) in [6.07, 6.45) is 1.21. The Morgan fingerprint density at radius 3 is 2.26 bits per heavy atom. The van der Waals surface area contributed by atoms with E-state index in [-0.39, 0.29) is 25.0 Å². The second-order valence-electron chi connectivity index (χ2n) is 8.16. The van der Waals surface area contributed by atoms with Gasteiger partial charge in [-0.05, 0) is 36.0 Å². The summed E-state index contributed by atoms with van der Waals surface area (Å²) in [7, 11) is 0. The first kappa shape index (κ1) is 22.3. The normalized spacial score (nSPS) is 17.7. The van der Waals surface area contributed by atoms with Crippen LogP contribution < -0.4 is 5.32 Å². The highest BCUT2D eigenvalue weighted by Gasteiger charge is 2.32. The molecule has 31 heavy (non-hydrogen) atoms. The molecular weight excluding hydrogens is 396 g/mol. The Labute approximate surface area is 181 Å². The SMILES string of the molecule is CC(CC(Cc1ccc(-c2ccccc2)cc1)NC(=O)N1CC[C@H](C(=O)O)C1)C(=O)O. The van der Waals surface area contributed by atoms with Crippen molar-refractivity contribution in [3.63, 3.8) is 0 Å². The predicted molar refractivity (Wildman–Crippen MR) is 117 cm³/mol. The summed E-state index contributed by atoms with van der Waals surface area (Å²) in [6, 6.07) is 17.3. The van der Waals surface area contributed by atoms with Crippen LogP contribution in [0.4, 0.5) is 4.79 Å². The molecule has 1 heterocycles. The second kappa shape index (κ2) is 10.1. The van der Waals surface area contributed by atoms with Crippen LogP contribution in [0.3, 0.4) is 0 Å². The second-order valence-corrected chi connectivity index (χ2v) is 8.16. The maximum Gasteiger partial charge on any atom is 0.317 e. The molecule has 1 aliphatic heterocycles. The predicted octanol–water partition coefficient (Wildman–Crippen LogP) is 3.49. The largest absolute Gasteiger partial charge is 0.481 e. The van der Waals surface area contributed by atoms with E-state index in [0.717, 1.165) is 16.7 Å². The lowest BCUT2D eigenvalue weighted by Gasteiger charge is -2.25. The molecule has 2 amide bonds. The van der Waals surface area contributed by atoms with E-state index in [1.807, 2.05) is 54.6 Å². The van der Waals surface area contributed by atoms with E-state index >= 15 is 0 Å². The number of rotatable bonds is 8. The number of carboxylic acid groups (broad SMARTS) is 2. The van der Waals surface area contributed by atoms with Gasteiger partial charge < -0.3 is 20.4 Å². The van der Waals surface area contributed by atoms with Gasteiger partial charge in [-0.1, -0.05) is 61.5 Å². The molecule has 3 atom stereocenters. The molecule has 2 unspecified atom stereocenters. The van der Waals surface area contributed by atoms with Crippen LogP contribution in [-0.2, 0) is 16.0 Å². The molecule has 7 heteroatoms. The Morgan fingerprint density at radius 1 is 1.03 bits per heavy atom. The number of urea groups is 1. The van der Waals surface area contributed by atoms with Gasteiger partial charge in [-0.3, -0.25) is 9.59 Å². The maximum absolute atomic E-state index is 12.7. The molecule has 0 aliphatic carbocycles. The third-order valence-corrected chi connectivity index (χ3v) is 5.76. The number of aliphatic carboxylic acids is 2. The molecule has 2 aromatic carbocycles. The summed E-state index contributed by atoms with van der Waals surface area (Å²) in [5, 5.41) is 21.4. The van der Waals surface area contributed by atoms with E-state index in [1.54, 1.807) is 6.92 Å². The van der Waals surface area contributed by atoms with E-state index in [1.165, 1.54) is 4.90 Å². The Bertz CT molecular complexity index is 913. The number of amides is 2. The average Bonchev–Trinajstić information content (AvgIpc) is 3.25. The van der Waals surface area contributed by atoms with Crippen LogP contribution >= 0.6 is 0 Å². The average molecular weight is 424 g/mol. The van der Waals surface area contributed by atoms with Gasteiger partial charge in [0.15, 0.2) is 0 Å². The number of nitrogens with zero attached hydrogens (tertiary/aromatic N) is 1. The first-order valence-electron chi connectivity index (χ1n) is 10.5. The van der Waals surface area contributed by atoms with E-state index in [9.17, 15) is 19.5 Å². The van der Waals surface area contributed by atoms with Crippen molar-refractivity contribution < 1.29 is 24.6 Å². The molecule has 3 N–H and O–H groups in total. The standard InChI is InChI=1S/C24H28N2O5/c1-16(22(27)28)13-21(25-24(31)26-12-11-20(15-26)23(29)30)14-17-7-9-19(10-8-17)18-5-3-2-4-6-18/h2-10,16,20-21H,11-15H2,1H3,(H,25,31)(H,27,28)(H,29,30)/t16?,20-,21?/m0/s1. The van der Waals surface area contributed by atoms with Crippen molar-refractivity contribution >= 4 is 18.0 Å². The van der Waals surface area contributed by atoms with E-state index in [2.05, 4.69) is 5.32 Å². The van der Waals surface area contributed by atoms with Gasteiger partial charge in [-0.2, -0.15) is 0 Å². The molecule has 1 fully saturated rings. The molecule has 164 valence electrons. The summed E-state index contributed by atoms with van der Waals surface area (Å²) >= 11 is 0. The van der Waals surface area contributed by atoms with Crippen LogP contribution in [0.25, 0.3) is 11.1 Å². The molecule has 7 nitrogen and oxygen atoms in total. The monoisotopic (exact) mass is 424 g/mol. The van der Waals surface area contributed by atoms with Crippen molar-refractivity contribution in [2.24, 2.45) is 11.8 Å². The van der Waals surface area contributed by atoms with Crippen LogP contribution in [0, 0.1) is 11.8 Å². The highest BCUT2D eigenvalue weighted by molar-refractivity contribution is 5.78. The van der Waals surface area contributed by atoms with Crippen molar-refractivity contribution in [2.45, 2.75) is 32.2 Å². The van der Waals surface area contributed by atoms with E-state index in [0.29, 0.717) is 19.4 Å². The van der Waals surface area contributed by atoms with Gasteiger partial charge >= 0.3 is 18.0 Å². The topological polar surface area (TPSA) is 107 Å². The minimum absolute atomic E-state index is 0.175. The van der Waals surface area contributed by atoms with Gasteiger partial charge in [-0.25, -0.2) is 4.79 Å². The number of carboxylic acids is 2. The lowest BCUT2D eigenvalue weighted by Crippen LogP contribution is -2.46. The quantitative estimate of drug-likeness (QED) is 0.601. The van der Waals surface area contributed by atoms with Crippen LogP contribution in [-0.4, -0.2) is 52.2 Å². The van der Waals surface area contributed by atoms with Gasteiger partial charge in [0.25, 0.3) is 0 Å². The summed E-state index contributed by atoms with van der Waals surface area (Å²) in [4.78, 5) is 36.7. The molecule has 0 bridgehead atoms. The molecule has 0 spiro atoms. The molecule has 0 saturated carbocycles. The van der Waals surface area contributed by atoms with Crippen molar-refractivity contribution in [3.8, 4) is 11.1 Å². The third kappa shape index (κ3) is 6.07. The van der Waals surface area contributed by atoms with Crippen LogP contribution in [0.15, 0.2) is 54.6 Å². The van der Waals surface area contributed by atoms with Crippen molar-refractivity contribution in [1.29, 1.82) is 0 Å². The first-order valence-corrected chi connectivity index (χ1v) is 10.5. The van der Waals surface area contributed by atoms with Crippen molar-refractivity contribution in [3.05, 3.63) is 60.2 Å². The van der Waals surface area contributed by atoms with Gasteiger partial charge in [0.1, 0.15) is 0 Å². The van der Waals surface area contributed by atoms with Gasteiger partial charge in [0.05, 0.1) is 11.8 Å². The van der Waals surface area contributed by atoms with E-state index < -0.39 is 23.8 Å². The molecular formula is C24H28N2O5. The summed E-state index contributed by atoms with van der Waals surface area (Å²) in [5.41, 5.74) is 3.19. The minimum Gasteiger partial charge on any atom is -0.481 e. The number of hydrogen-bond donors (Lipinski definition) is 3. The number of carbonyl (C=O) groups is 3. The van der Waals surface area contributed by atoms with Crippen molar-refractivity contribution in [1.82, 2.24) is 10.2 Å². The highest BCUT2D eigenvalue weighted by atomic mass is 16.4. The molecule has 0 aromatic heterocycles. The highest BCUT2D eigenvalue weighted by Crippen LogP contribution is 2.21. The number of nitrogens with one attached hydrogen (secondary N) is 1.